The molecule has 1 aliphatic rings. The minimum Gasteiger partial charge on any atom is -0.496 e. The van der Waals surface area contributed by atoms with E-state index in [1.807, 2.05) is 18.2 Å². The fourth-order valence-electron chi connectivity index (χ4n) is 3.50. The first kappa shape index (κ1) is 16.6. The van der Waals surface area contributed by atoms with Crippen molar-refractivity contribution in [2.75, 3.05) is 7.11 Å². The van der Waals surface area contributed by atoms with Crippen molar-refractivity contribution in [3.8, 4) is 5.75 Å². The molecule has 0 aromatic heterocycles. The first-order valence-electron chi connectivity index (χ1n) is 7.89. The molecule has 0 saturated heterocycles. The summed E-state index contributed by atoms with van der Waals surface area (Å²) in [7, 11) is 1.71. The van der Waals surface area contributed by atoms with E-state index in [2.05, 4.69) is 20.8 Å². The van der Waals surface area contributed by atoms with Gasteiger partial charge in [0, 0.05) is 11.1 Å². The van der Waals surface area contributed by atoms with Crippen LogP contribution in [0.4, 0.5) is 0 Å². The Morgan fingerprint density at radius 1 is 1.29 bits per heavy atom. The Bertz CT molecular complexity index is 481. The Hall–Kier alpha value is -0.730. The summed E-state index contributed by atoms with van der Waals surface area (Å²) in [5, 5.41) is 0.766. The van der Waals surface area contributed by atoms with Gasteiger partial charge in [-0.3, -0.25) is 0 Å². The third-order valence-corrected chi connectivity index (χ3v) is 5.23. The number of methoxy groups -OCH3 is 1. The van der Waals surface area contributed by atoms with Crippen LogP contribution in [0, 0.1) is 17.3 Å². The van der Waals surface area contributed by atoms with Crippen molar-refractivity contribution in [1.29, 1.82) is 0 Å². The number of benzene rings is 1. The lowest BCUT2D eigenvalue weighted by Crippen LogP contribution is -2.40. The Morgan fingerprint density at radius 3 is 2.62 bits per heavy atom. The van der Waals surface area contributed by atoms with Crippen molar-refractivity contribution >= 4 is 11.6 Å². The lowest BCUT2D eigenvalue weighted by atomic mass is 9.66. The van der Waals surface area contributed by atoms with E-state index >= 15 is 0 Å². The van der Waals surface area contributed by atoms with E-state index in [0.717, 1.165) is 29.5 Å². The third kappa shape index (κ3) is 4.14. The zero-order chi connectivity index (χ0) is 15.6. The monoisotopic (exact) mass is 309 g/mol. The minimum absolute atomic E-state index is 0.285. The van der Waals surface area contributed by atoms with Crippen molar-refractivity contribution in [3.63, 3.8) is 0 Å². The minimum atomic E-state index is 0.285. The Labute approximate surface area is 134 Å². The predicted molar refractivity (Wildman–Crippen MR) is 90.0 cm³/mol. The highest BCUT2D eigenvalue weighted by Crippen LogP contribution is 2.41. The summed E-state index contributed by atoms with van der Waals surface area (Å²) in [6, 6.07) is 6.14. The molecule has 0 radical (unpaired) electrons. The average molecular weight is 310 g/mol. The van der Waals surface area contributed by atoms with E-state index in [1.165, 1.54) is 18.4 Å². The maximum absolute atomic E-state index is 6.39. The number of halogens is 1. The quantitative estimate of drug-likeness (QED) is 0.879. The molecule has 1 aromatic rings. The second kappa shape index (κ2) is 6.58. The molecule has 1 aromatic carbocycles. The van der Waals surface area contributed by atoms with Gasteiger partial charge in [0.1, 0.15) is 5.75 Å². The molecule has 118 valence electrons. The van der Waals surface area contributed by atoms with Gasteiger partial charge in [0.15, 0.2) is 0 Å². The molecule has 2 N–H and O–H groups in total. The molecule has 1 aliphatic carbocycles. The van der Waals surface area contributed by atoms with E-state index in [-0.39, 0.29) is 6.04 Å². The average Bonchev–Trinajstić information content (AvgIpc) is 2.40. The van der Waals surface area contributed by atoms with Crippen LogP contribution in [0.5, 0.6) is 5.75 Å². The maximum Gasteiger partial charge on any atom is 0.122 e. The lowest BCUT2D eigenvalue weighted by Gasteiger charge is -2.41. The summed E-state index contributed by atoms with van der Waals surface area (Å²) >= 11 is 6.14. The fraction of sp³-hybridized carbons (Fsp3) is 0.667. The number of rotatable bonds is 3. The molecule has 1 saturated carbocycles. The van der Waals surface area contributed by atoms with Crippen LogP contribution in [0.2, 0.25) is 5.02 Å². The molecule has 0 spiro atoms. The largest absolute Gasteiger partial charge is 0.496 e. The van der Waals surface area contributed by atoms with Crippen LogP contribution in [-0.2, 0) is 6.42 Å². The Morgan fingerprint density at radius 2 is 2.00 bits per heavy atom. The normalized spacial score (nSPS) is 26.7. The van der Waals surface area contributed by atoms with Gasteiger partial charge in [0.25, 0.3) is 0 Å². The van der Waals surface area contributed by atoms with Crippen molar-refractivity contribution in [2.45, 2.75) is 52.5 Å². The van der Waals surface area contributed by atoms with Gasteiger partial charge in [-0.1, -0.05) is 32.4 Å². The SMILES string of the molecule is COc1ccc(Cl)cc1CC1CC(C(C)(C)C)CCC1N. The summed E-state index contributed by atoms with van der Waals surface area (Å²) in [5.41, 5.74) is 7.93. The first-order valence-corrected chi connectivity index (χ1v) is 8.27. The number of nitrogens with two attached hydrogens (primary N) is 1. The Kier molecular flexibility index (Phi) is 5.21. The molecule has 3 atom stereocenters. The zero-order valence-electron chi connectivity index (χ0n) is 13.7. The highest BCUT2D eigenvalue weighted by molar-refractivity contribution is 6.30. The fourth-order valence-corrected chi connectivity index (χ4v) is 3.69. The molecule has 0 aliphatic heterocycles. The standard InChI is InChI=1S/C18H28ClNO/c1-18(2,3)14-5-7-16(20)12(10-14)9-13-11-15(19)6-8-17(13)21-4/h6,8,11-12,14,16H,5,7,9-10,20H2,1-4H3. The van der Waals surface area contributed by atoms with E-state index in [0.29, 0.717) is 11.3 Å². The van der Waals surface area contributed by atoms with E-state index in [9.17, 15) is 0 Å². The molecular formula is C18H28ClNO. The van der Waals surface area contributed by atoms with Crippen LogP contribution >= 0.6 is 11.6 Å². The zero-order valence-corrected chi connectivity index (χ0v) is 14.4. The Balaban J connectivity index is 2.15. The number of hydrogen-bond donors (Lipinski definition) is 1. The summed E-state index contributed by atoms with van der Waals surface area (Å²) in [5.74, 6) is 2.17. The van der Waals surface area contributed by atoms with Gasteiger partial charge in [-0.15, -0.1) is 0 Å². The summed E-state index contributed by atoms with van der Waals surface area (Å²) < 4.78 is 5.47. The van der Waals surface area contributed by atoms with Crippen LogP contribution in [0.25, 0.3) is 0 Å². The molecular weight excluding hydrogens is 282 g/mol. The molecule has 0 amide bonds. The van der Waals surface area contributed by atoms with Gasteiger partial charge in [-0.2, -0.15) is 0 Å². The smallest absolute Gasteiger partial charge is 0.122 e. The second-order valence-corrected chi connectivity index (χ2v) is 7.90. The highest BCUT2D eigenvalue weighted by Gasteiger charge is 2.34. The van der Waals surface area contributed by atoms with Gasteiger partial charge < -0.3 is 10.5 Å². The molecule has 3 unspecified atom stereocenters. The summed E-state index contributed by atoms with van der Waals surface area (Å²) in [6.07, 6.45) is 4.52. The highest BCUT2D eigenvalue weighted by atomic mass is 35.5. The molecule has 0 bridgehead atoms. The molecule has 2 nitrogen and oxygen atoms in total. The predicted octanol–water partition coefficient (Wildman–Crippen LogP) is 4.68. The van der Waals surface area contributed by atoms with E-state index in [4.69, 9.17) is 22.1 Å². The van der Waals surface area contributed by atoms with Crippen LogP contribution in [-0.4, -0.2) is 13.2 Å². The van der Waals surface area contributed by atoms with Crippen molar-refractivity contribution in [1.82, 2.24) is 0 Å². The van der Waals surface area contributed by atoms with Gasteiger partial charge in [0.05, 0.1) is 7.11 Å². The number of hydrogen-bond acceptors (Lipinski definition) is 2. The van der Waals surface area contributed by atoms with Gasteiger partial charge in [-0.25, -0.2) is 0 Å². The van der Waals surface area contributed by atoms with Gasteiger partial charge in [-0.05, 0) is 66.7 Å². The maximum atomic E-state index is 6.39. The molecule has 21 heavy (non-hydrogen) atoms. The molecule has 1 fully saturated rings. The molecule has 3 heteroatoms. The first-order chi connectivity index (χ1) is 9.81. The van der Waals surface area contributed by atoms with Crippen molar-refractivity contribution < 1.29 is 4.74 Å². The van der Waals surface area contributed by atoms with Crippen LogP contribution in [0.15, 0.2) is 18.2 Å². The van der Waals surface area contributed by atoms with Crippen LogP contribution in [0.3, 0.4) is 0 Å². The van der Waals surface area contributed by atoms with Gasteiger partial charge in [0.2, 0.25) is 0 Å². The van der Waals surface area contributed by atoms with E-state index in [1.54, 1.807) is 7.11 Å². The van der Waals surface area contributed by atoms with Crippen molar-refractivity contribution in [2.24, 2.45) is 23.0 Å². The number of ether oxygens (including phenoxy) is 1. The van der Waals surface area contributed by atoms with Crippen LogP contribution < -0.4 is 10.5 Å². The summed E-state index contributed by atoms with van der Waals surface area (Å²) in [4.78, 5) is 0. The van der Waals surface area contributed by atoms with Crippen LogP contribution in [0.1, 0.15) is 45.6 Å². The molecule has 0 heterocycles. The van der Waals surface area contributed by atoms with E-state index < -0.39 is 0 Å². The second-order valence-electron chi connectivity index (χ2n) is 7.46. The molecule has 2 rings (SSSR count). The third-order valence-electron chi connectivity index (χ3n) is 4.99. The topological polar surface area (TPSA) is 35.2 Å². The lowest BCUT2D eigenvalue weighted by molar-refractivity contribution is 0.126. The van der Waals surface area contributed by atoms with Gasteiger partial charge >= 0.3 is 0 Å². The van der Waals surface area contributed by atoms with Crippen molar-refractivity contribution in [3.05, 3.63) is 28.8 Å². The summed E-state index contributed by atoms with van der Waals surface area (Å²) in [6.45, 7) is 7.02.